The Balaban J connectivity index is 2.17. The van der Waals surface area contributed by atoms with Crippen LogP contribution in [0, 0.1) is 0 Å². The maximum absolute atomic E-state index is 11.2. The number of β-amino-alcohol motifs (C(OH)–C–C–N with tert-alkyl or cyclic N) is 1. The van der Waals surface area contributed by atoms with Crippen LogP contribution in [0.3, 0.4) is 0 Å². The Morgan fingerprint density at radius 1 is 1.50 bits per heavy atom. The van der Waals surface area contributed by atoms with Gasteiger partial charge in [-0.1, -0.05) is 0 Å². The molecule has 1 rings (SSSR count). The number of nitrogens with zero attached hydrogens (tertiary/aromatic N) is 1. The molecule has 0 aromatic rings. The molecule has 1 aliphatic rings. The van der Waals surface area contributed by atoms with Crippen molar-refractivity contribution in [2.24, 2.45) is 0 Å². The molecule has 0 spiro atoms. The van der Waals surface area contributed by atoms with Crippen molar-refractivity contribution in [1.82, 2.24) is 15.8 Å². The highest BCUT2D eigenvalue weighted by atomic mass is 16.3. The minimum absolute atomic E-state index is 0.206. The number of hydrogen-bond acceptors (Lipinski definition) is 4. The number of aliphatic hydroxyl groups excluding tert-OH is 1. The van der Waals surface area contributed by atoms with Crippen LogP contribution >= 0.6 is 0 Å². The largest absolute Gasteiger partial charge is 0.392 e. The summed E-state index contributed by atoms with van der Waals surface area (Å²) in [6, 6.07) is 0. The van der Waals surface area contributed by atoms with Crippen LogP contribution in [0.5, 0.6) is 0 Å². The van der Waals surface area contributed by atoms with E-state index in [4.69, 9.17) is 0 Å². The number of likely N-dealkylation sites (tertiary alicyclic amines) is 1. The zero-order valence-electron chi connectivity index (χ0n) is 8.12. The van der Waals surface area contributed by atoms with Gasteiger partial charge in [-0.15, -0.1) is 0 Å². The van der Waals surface area contributed by atoms with Crippen molar-refractivity contribution < 1.29 is 14.7 Å². The molecule has 0 aromatic heterocycles. The molecule has 1 saturated heterocycles. The summed E-state index contributed by atoms with van der Waals surface area (Å²) in [5.74, 6) is -0.575. The number of carbonyl (C=O) groups is 2. The Bertz CT molecular complexity index is 232. The number of nitrogens with one attached hydrogen (secondary N) is 2. The van der Waals surface area contributed by atoms with Gasteiger partial charge in [0, 0.05) is 20.0 Å². The SMILES string of the molecule is CC(=O)NNC(=O)CN1CCC(O)C1. The molecule has 6 heteroatoms. The molecule has 0 saturated carbocycles. The predicted molar refractivity (Wildman–Crippen MR) is 49.0 cm³/mol. The first-order valence-corrected chi connectivity index (χ1v) is 4.54. The Labute approximate surface area is 82.2 Å². The molecule has 1 aliphatic heterocycles. The Hall–Kier alpha value is -1.14. The van der Waals surface area contributed by atoms with E-state index < -0.39 is 0 Å². The van der Waals surface area contributed by atoms with Crippen LogP contribution in [0.4, 0.5) is 0 Å². The fraction of sp³-hybridized carbons (Fsp3) is 0.750. The molecule has 14 heavy (non-hydrogen) atoms. The summed E-state index contributed by atoms with van der Waals surface area (Å²) in [6.07, 6.45) is 0.372. The van der Waals surface area contributed by atoms with Crippen LogP contribution in [0.2, 0.25) is 0 Å². The average Bonchev–Trinajstić information content (AvgIpc) is 2.48. The molecule has 0 radical (unpaired) electrons. The highest BCUT2D eigenvalue weighted by molar-refractivity contribution is 5.81. The molecular weight excluding hydrogens is 186 g/mol. The number of hydrogen-bond donors (Lipinski definition) is 3. The molecule has 1 unspecified atom stereocenters. The quantitative estimate of drug-likeness (QED) is 0.461. The summed E-state index contributed by atoms with van der Waals surface area (Å²) in [7, 11) is 0. The van der Waals surface area contributed by atoms with Gasteiger partial charge in [0.05, 0.1) is 12.6 Å². The van der Waals surface area contributed by atoms with Crippen molar-refractivity contribution in [1.29, 1.82) is 0 Å². The molecule has 6 nitrogen and oxygen atoms in total. The van der Waals surface area contributed by atoms with Gasteiger partial charge in [-0.05, 0) is 6.42 Å². The van der Waals surface area contributed by atoms with Gasteiger partial charge < -0.3 is 5.11 Å². The molecule has 1 fully saturated rings. The van der Waals surface area contributed by atoms with Gasteiger partial charge in [-0.3, -0.25) is 25.3 Å². The highest BCUT2D eigenvalue weighted by Crippen LogP contribution is 2.07. The first kappa shape index (κ1) is 10.9. The third-order valence-corrected chi connectivity index (χ3v) is 1.99. The summed E-state index contributed by atoms with van der Waals surface area (Å²) in [6.45, 7) is 2.76. The first-order valence-electron chi connectivity index (χ1n) is 4.54. The van der Waals surface area contributed by atoms with Crippen LogP contribution in [0.1, 0.15) is 13.3 Å². The van der Waals surface area contributed by atoms with Crippen molar-refractivity contribution in [3.63, 3.8) is 0 Å². The number of amides is 2. The predicted octanol–water partition coefficient (Wildman–Crippen LogP) is -1.78. The van der Waals surface area contributed by atoms with Crippen LogP contribution in [0.25, 0.3) is 0 Å². The van der Waals surface area contributed by atoms with Crippen molar-refractivity contribution >= 4 is 11.8 Å². The number of carbonyl (C=O) groups excluding carboxylic acids is 2. The minimum Gasteiger partial charge on any atom is -0.392 e. The summed E-state index contributed by atoms with van der Waals surface area (Å²) >= 11 is 0. The summed E-state index contributed by atoms with van der Waals surface area (Å²) in [5.41, 5.74) is 4.46. The van der Waals surface area contributed by atoms with E-state index in [2.05, 4.69) is 10.9 Å². The summed E-state index contributed by atoms with van der Waals surface area (Å²) in [5, 5.41) is 9.19. The van der Waals surface area contributed by atoms with Crippen LogP contribution in [-0.4, -0.2) is 47.6 Å². The second kappa shape index (κ2) is 4.92. The third kappa shape index (κ3) is 3.71. The van der Waals surface area contributed by atoms with Crippen molar-refractivity contribution in [3.05, 3.63) is 0 Å². The van der Waals surface area contributed by atoms with Gasteiger partial charge in [-0.2, -0.15) is 0 Å². The Morgan fingerprint density at radius 2 is 2.21 bits per heavy atom. The molecule has 1 heterocycles. The standard InChI is InChI=1S/C8H15N3O3/c1-6(12)9-10-8(14)5-11-3-2-7(13)4-11/h7,13H,2-5H2,1H3,(H,9,12)(H,10,14). The van der Waals surface area contributed by atoms with Gasteiger partial charge >= 0.3 is 0 Å². The van der Waals surface area contributed by atoms with E-state index in [1.54, 1.807) is 0 Å². The molecule has 1 atom stereocenters. The molecule has 2 amide bonds. The number of aliphatic hydroxyl groups is 1. The van der Waals surface area contributed by atoms with Gasteiger partial charge in [0.25, 0.3) is 5.91 Å². The normalized spacial score (nSPS) is 22.0. The molecule has 0 aliphatic carbocycles. The fourth-order valence-electron chi connectivity index (χ4n) is 1.36. The lowest BCUT2D eigenvalue weighted by atomic mass is 10.3. The van der Waals surface area contributed by atoms with Gasteiger partial charge in [0.1, 0.15) is 0 Å². The molecule has 0 aromatic carbocycles. The molecule has 0 bridgehead atoms. The lowest BCUT2D eigenvalue weighted by molar-refractivity contribution is -0.128. The van der Waals surface area contributed by atoms with E-state index in [1.165, 1.54) is 6.92 Å². The zero-order valence-corrected chi connectivity index (χ0v) is 8.12. The van der Waals surface area contributed by atoms with Crippen LogP contribution in [0.15, 0.2) is 0 Å². The van der Waals surface area contributed by atoms with Gasteiger partial charge in [-0.25, -0.2) is 0 Å². The van der Waals surface area contributed by atoms with Crippen molar-refractivity contribution in [2.45, 2.75) is 19.4 Å². The van der Waals surface area contributed by atoms with E-state index in [9.17, 15) is 14.7 Å². The summed E-state index contributed by atoms with van der Waals surface area (Å²) < 4.78 is 0. The summed E-state index contributed by atoms with van der Waals surface area (Å²) in [4.78, 5) is 23.5. The Kier molecular flexibility index (Phi) is 3.84. The van der Waals surface area contributed by atoms with Gasteiger partial charge in [0.15, 0.2) is 0 Å². The minimum atomic E-state index is -0.330. The lowest BCUT2D eigenvalue weighted by Crippen LogP contribution is -2.45. The van der Waals surface area contributed by atoms with E-state index in [-0.39, 0.29) is 24.5 Å². The second-order valence-electron chi connectivity index (χ2n) is 3.41. The third-order valence-electron chi connectivity index (χ3n) is 1.99. The Morgan fingerprint density at radius 3 is 2.71 bits per heavy atom. The van der Waals surface area contributed by atoms with E-state index in [0.29, 0.717) is 19.5 Å². The first-order chi connectivity index (χ1) is 6.58. The fourth-order valence-corrected chi connectivity index (χ4v) is 1.36. The maximum atomic E-state index is 11.2. The second-order valence-corrected chi connectivity index (χ2v) is 3.41. The number of rotatable bonds is 2. The van der Waals surface area contributed by atoms with E-state index >= 15 is 0 Å². The average molecular weight is 201 g/mol. The monoisotopic (exact) mass is 201 g/mol. The van der Waals surface area contributed by atoms with Crippen LogP contribution < -0.4 is 10.9 Å². The van der Waals surface area contributed by atoms with E-state index in [1.807, 2.05) is 4.90 Å². The molecule has 3 N–H and O–H groups in total. The maximum Gasteiger partial charge on any atom is 0.252 e. The zero-order chi connectivity index (χ0) is 10.6. The smallest absolute Gasteiger partial charge is 0.252 e. The van der Waals surface area contributed by atoms with Crippen molar-refractivity contribution in [3.8, 4) is 0 Å². The highest BCUT2D eigenvalue weighted by Gasteiger charge is 2.21. The lowest BCUT2D eigenvalue weighted by Gasteiger charge is -2.14. The van der Waals surface area contributed by atoms with E-state index in [0.717, 1.165) is 0 Å². The topological polar surface area (TPSA) is 81.7 Å². The van der Waals surface area contributed by atoms with Crippen LogP contribution in [-0.2, 0) is 9.59 Å². The van der Waals surface area contributed by atoms with Gasteiger partial charge in [0.2, 0.25) is 5.91 Å². The molecular formula is C8H15N3O3. The molecule has 80 valence electrons. The van der Waals surface area contributed by atoms with Crippen molar-refractivity contribution in [2.75, 3.05) is 19.6 Å². The number of hydrazine groups is 1.